The van der Waals surface area contributed by atoms with E-state index >= 15 is 0 Å². The highest BCUT2D eigenvalue weighted by Crippen LogP contribution is 2.47. The van der Waals surface area contributed by atoms with E-state index in [1.54, 1.807) is 16.5 Å². The highest BCUT2D eigenvalue weighted by Gasteiger charge is 2.56. The van der Waals surface area contributed by atoms with Gasteiger partial charge in [0.2, 0.25) is 6.71 Å². The molecule has 2 heteroatoms. The largest absolute Gasteiger partial charge is 0.374 e. The number of benzene rings is 3. The highest BCUT2D eigenvalue weighted by molar-refractivity contribution is 6.90. The molecule has 1 atom stereocenters. The Hall–Kier alpha value is -2.48. The summed E-state index contributed by atoms with van der Waals surface area (Å²) in [6.45, 7) is 12.9. The van der Waals surface area contributed by atoms with Gasteiger partial charge in [-0.15, -0.1) is 0 Å². The van der Waals surface area contributed by atoms with E-state index in [0.29, 0.717) is 6.71 Å². The van der Waals surface area contributed by atoms with Gasteiger partial charge < -0.3 is 4.90 Å². The third-order valence-corrected chi connectivity index (χ3v) is 7.36. The van der Waals surface area contributed by atoms with Gasteiger partial charge in [-0.3, -0.25) is 0 Å². The molecule has 1 unspecified atom stereocenters. The molecule has 0 bridgehead atoms. The molecule has 0 aliphatic carbocycles. The van der Waals surface area contributed by atoms with E-state index < -0.39 is 0 Å². The van der Waals surface area contributed by atoms with Crippen LogP contribution < -0.4 is 15.8 Å². The Labute approximate surface area is 175 Å². The lowest BCUT2D eigenvalue weighted by atomic mass is 9.27. The SMILES string of the molecule is Cc1cc(C)c(B2c3c(C)cc(C)cc3CC23CN(C)c2ccccc23)c(C)c1. The number of hydrogen-bond donors (Lipinski definition) is 0. The van der Waals surface area contributed by atoms with E-state index in [1.807, 2.05) is 0 Å². The van der Waals surface area contributed by atoms with Crippen molar-refractivity contribution in [2.75, 3.05) is 18.5 Å². The fourth-order valence-electron chi connectivity index (χ4n) is 6.63. The van der Waals surface area contributed by atoms with Crippen molar-refractivity contribution in [3.05, 3.63) is 87.5 Å². The molecule has 0 radical (unpaired) electrons. The van der Waals surface area contributed by atoms with Gasteiger partial charge in [0.25, 0.3) is 0 Å². The molecule has 29 heavy (non-hydrogen) atoms. The second-order valence-electron chi connectivity index (χ2n) is 9.61. The normalized spacial score (nSPS) is 19.8. The lowest BCUT2D eigenvalue weighted by Gasteiger charge is -2.33. The average Bonchev–Trinajstić information content (AvgIpc) is 3.10. The van der Waals surface area contributed by atoms with Crippen molar-refractivity contribution >= 4 is 23.3 Å². The fraction of sp³-hybridized carbons (Fsp3) is 0.333. The zero-order chi connectivity index (χ0) is 20.5. The first kappa shape index (κ1) is 18.5. The Bertz CT molecular complexity index is 1120. The molecule has 146 valence electrons. The third-order valence-electron chi connectivity index (χ3n) is 7.36. The maximum absolute atomic E-state index is 2.48. The third kappa shape index (κ3) is 2.54. The number of hydrogen-bond acceptors (Lipinski definition) is 1. The summed E-state index contributed by atoms with van der Waals surface area (Å²) in [6.07, 6.45) is 1.13. The lowest BCUT2D eigenvalue weighted by Crippen LogP contribution is -2.58. The number of fused-ring (bicyclic) bond motifs is 3. The molecule has 3 aromatic carbocycles. The van der Waals surface area contributed by atoms with Crippen molar-refractivity contribution in [1.29, 1.82) is 0 Å². The van der Waals surface area contributed by atoms with Crippen LogP contribution in [-0.4, -0.2) is 20.3 Å². The van der Waals surface area contributed by atoms with Crippen molar-refractivity contribution < 1.29 is 0 Å². The summed E-state index contributed by atoms with van der Waals surface area (Å²) < 4.78 is 0. The molecule has 1 nitrogen and oxygen atoms in total. The Morgan fingerprint density at radius 3 is 2.07 bits per heavy atom. The summed E-state index contributed by atoms with van der Waals surface area (Å²) in [4.78, 5) is 2.48. The zero-order valence-electron chi connectivity index (χ0n) is 18.6. The van der Waals surface area contributed by atoms with Crippen LogP contribution in [0.5, 0.6) is 0 Å². The molecule has 5 rings (SSSR count). The number of aryl methyl sites for hydroxylation is 5. The molecule has 0 saturated carbocycles. The Morgan fingerprint density at radius 1 is 0.793 bits per heavy atom. The minimum absolute atomic E-state index is 0.108. The predicted octanol–water partition coefficient (Wildman–Crippen LogP) is 4.32. The van der Waals surface area contributed by atoms with Gasteiger partial charge in [-0.1, -0.05) is 86.8 Å². The molecule has 0 N–H and O–H groups in total. The summed E-state index contributed by atoms with van der Waals surface area (Å²) >= 11 is 0. The molecule has 0 saturated heterocycles. The van der Waals surface area contributed by atoms with Gasteiger partial charge in [-0.2, -0.15) is 0 Å². The molecular formula is C27H30BN. The second kappa shape index (κ2) is 6.26. The topological polar surface area (TPSA) is 3.24 Å². The van der Waals surface area contributed by atoms with E-state index in [-0.39, 0.29) is 5.31 Å². The van der Waals surface area contributed by atoms with E-state index in [1.165, 1.54) is 39.1 Å². The monoisotopic (exact) mass is 379 g/mol. The highest BCUT2D eigenvalue weighted by atomic mass is 15.1. The first-order valence-corrected chi connectivity index (χ1v) is 10.8. The smallest absolute Gasteiger partial charge is 0.223 e. The van der Waals surface area contributed by atoms with E-state index in [9.17, 15) is 0 Å². The molecule has 2 aliphatic rings. The molecule has 0 amide bonds. The van der Waals surface area contributed by atoms with Crippen molar-refractivity contribution in [3.63, 3.8) is 0 Å². The van der Waals surface area contributed by atoms with Crippen molar-refractivity contribution in [2.45, 2.75) is 46.4 Å². The van der Waals surface area contributed by atoms with Gasteiger partial charge in [0.05, 0.1) is 0 Å². The first-order chi connectivity index (χ1) is 13.8. The molecule has 2 aliphatic heterocycles. The number of nitrogens with zero attached hydrogens (tertiary/aromatic N) is 1. The van der Waals surface area contributed by atoms with Crippen LogP contribution in [0.15, 0.2) is 48.5 Å². The summed E-state index contributed by atoms with van der Waals surface area (Å²) in [5, 5.41) is 0.108. The molecule has 3 aromatic rings. The van der Waals surface area contributed by atoms with Crippen LogP contribution in [0.4, 0.5) is 5.69 Å². The van der Waals surface area contributed by atoms with Gasteiger partial charge in [-0.05, 0) is 52.7 Å². The minimum atomic E-state index is 0.108. The lowest BCUT2D eigenvalue weighted by molar-refractivity contribution is 0.641. The number of rotatable bonds is 1. The minimum Gasteiger partial charge on any atom is -0.374 e. The van der Waals surface area contributed by atoms with Crippen molar-refractivity contribution in [1.82, 2.24) is 0 Å². The number of likely N-dealkylation sites (N-methyl/N-ethyl adjacent to an activating group) is 1. The summed E-state index contributed by atoms with van der Waals surface area (Å²) in [6, 6.07) is 18.7. The van der Waals surface area contributed by atoms with Crippen LogP contribution in [0.25, 0.3) is 0 Å². The average molecular weight is 379 g/mol. The first-order valence-electron chi connectivity index (χ1n) is 10.8. The van der Waals surface area contributed by atoms with Crippen molar-refractivity contribution in [2.24, 2.45) is 0 Å². The Morgan fingerprint density at radius 2 is 1.38 bits per heavy atom. The Balaban J connectivity index is 1.85. The summed E-state index contributed by atoms with van der Waals surface area (Å²) in [7, 11) is 2.26. The molecule has 0 fully saturated rings. The quantitative estimate of drug-likeness (QED) is 0.569. The van der Waals surface area contributed by atoms with Crippen LogP contribution in [-0.2, 0) is 11.7 Å². The zero-order valence-corrected chi connectivity index (χ0v) is 18.6. The molecule has 0 aromatic heterocycles. The molecule has 1 spiro atoms. The van der Waals surface area contributed by atoms with Gasteiger partial charge >= 0.3 is 0 Å². The van der Waals surface area contributed by atoms with Crippen LogP contribution >= 0.6 is 0 Å². The fourth-order valence-corrected chi connectivity index (χ4v) is 6.63. The number of anilines is 1. The van der Waals surface area contributed by atoms with Gasteiger partial charge in [-0.25, -0.2) is 0 Å². The summed E-state index contributed by atoms with van der Waals surface area (Å²) in [5.41, 5.74) is 14.7. The van der Waals surface area contributed by atoms with E-state index in [2.05, 4.69) is 95.1 Å². The molecule has 2 heterocycles. The van der Waals surface area contributed by atoms with Gasteiger partial charge in [0, 0.05) is 24.6 Å². The molecular weight excluding hydrogens is 349 g/mol. The Kier molecular flexibility index (Phi) is 4.00. The standard InChI is InChI=1S/C27H30BN/c1-17-11-19(3)25(20(4)12-17)28-26-21(5)13-18(2)14-22(26)15-27(28)16-29(6)24-10-8-7-9-23(24)27/h7-14H,15-16H2,1-6H3. The van der Waals surface area contributed by atoms with Crippen LogP contribution in [0.1, 0.15) is 38.9 Å². The van der Waals surface area contributed by atoms with Crippen LogP contribution in [0, 0.1) is 34.6 Å². The second-order valence-corrected chi connectivity index (χ2v) is 9.61. The van der Waals surface area contributed by atoms with Crippen LogP contribution in [0.2, 0.25) is 0 Å². The van der Waals surface area contributed by atoms with Crippen LogP contribution in [0.3, 0.4) is 0 Å². The maximum Gasteiger partial charge on any atom is 0.223 e. The summed E-state index contributed by atoms with van der Waals surface area (Å²) in [5.74, 6) is 0. The van der Waals surface area contributed by atoms with E-state index in [4.69, 9.17) is 0 Å². The maximum atomic E-state index is 2.48. The van der Waals surface area contributed by atoms with E-state index in [0.717, 1.165) is 13.0 Å². The predicted molar refractivity (Wildman–Crippen MR) is 127 cm³/mol. The van der Waals surface area contributed by atoms with Gasteiger partial charge in [0.1, 0.15) is 0 Å². The number of para-hydroxylation sites is 1. The van der Waals surface area contributed by atoms with Crippen molar-refractivity contribution in [3.8, 4) is 0 Å². The van der Waals surface area contributed by atoms with Gasteiger partial charge in [0.15, 0.2) is 0 Å².